The lowest BCUT2D eigenvalue weighted by Crippen LogP contribution is -2.44. The number of rotatable bonds is 8. The lowest BCUT2D eigenvalue weighted by atomic mass is 10.0. The number of ether oxygens (including phenoxy) is 2. The van der Waals surface area contributed by atoms with E-state index in [0.717, 1.165) is 31.4 Å². The molecule has 7 heteroatoms. The van der Waals surface area contributed by atoms with Gasteiger partial charge in [-0.15, -0.1) is 0 Å². The Kier molecular flexibility index (Phi) is 7.76. The van der Waals surface area contributed by atoms with E-state index >= 15 is 0 Å². The molecular weight excluding hydrogens is 394 g/mol. The fourth-order valence-electron chi connectivity index (χ4n) is 3.37. The number of phenols is 1. The molecule has 0 spiro atoms. The van der Waals surface area contributed by atoms with Gasteiger partial charge in [0.15, 0.2) is 11.5 Å². The number of nitrogens with one attached hydrogen (secondary N) is 1. The van der Waals surface area contributed by atoms with E-state index in [4.69, 9.17) is 9.47 Å². The number of hydrogen-bond acceptors (Lipinski definition) is 6. The number of anilines is 1. The standard InChI is InChI=1S/C24H31N3O4/c1-17(2)16-31-23-14-19(9-12-22(23)30-3)26-24(29)21-6-4-5-13-27(21)25-15-18-7-10-20(28)11-8-18/h7-12,14-15,17,21,28H,4-6,13,16H2,1-3H3,(H,26,29)/b25-15+. The molecule has 1 saturated heterocycles. The number of phenolic OH excluding ortho intramolecular Hbond substituents is 1. The van der Waals surface area contributed by atoms with Crippen LogP contribution in [0.25, 0.3) is 0 Å². The van der Waals surface area contributed by atoms with Gasteiger partial charge < -0.3 is 19.9 Å². The summed E-state index contributed by atoms with van der Waals surface area (Å²) in [6, 6.07) is 11.9. The summed E-state index contributed by atoms with van der Waals surface area (Å²) in [6.45, 7) is 5.44. The molecule has 1 fully saturated rings. The Morgan fingerprint density at radius 1 is 1.23 bits per heavy atom. The van der Waals surface area contributed by atoms with Crippen molar-refractivity contribution in [3.8, 4) is 17.2 Å². The third kappa shape index (κ3) is 6.38. The van der Waals surface area contributed by atoms with Gasteiger partial charge in [-0.05, 0) is 67.1 Å². The number of carbonyl (C=O) groups excluding carboxylic acids is 1. The zero-order chi connectivity index (χ0) is 22.2. The number of nitrogens with zero attached hydrogens (tertiary/aromatic N) is 2. The Labute approximate surface area is 183 Å². The van der Waals surface area contributed by atoms with Crippen molar-refractivity contribution in [2.24, 2.45) is 11.0 Å². The second kappa shape index (κ2) is 10.7. The van der Waals surface area contributed by atoms with Gasteiger partial charge in [-0.2, -0.15) is 5.10 Å². The predicted molar refractivity (Wildman–Crippen MR) is 122 cm³/mol. The maximum Gasteiger partial charge on any atom is 0.248 e. The van der Waals surface area contributed by atoms with Gasteiger partial charge in [-0.25, -0.2) is 0 Å². The molecule has 0 aliphatic carbocycles. The van der Waals surface area contributed by atoms with Crippen molar-refractivity contribution in [3.05, 3.63) is 48.0 Å². The van der Waals surface area contributed by atoms with Crippen LogP contribution < -0.4 is 14.8 Å². The minimum absolute atomic E-state index is 0.0949. The molecular formula is C24H31N3O4. The van der Waals surface area contributed by atoms with E-state index in [1.54, 1.807) is 49.7 Å². The molecule has 7 nitrogen and oxygen atoms in total. The second-order valence-corrected chi connectivity index (χ2v) is 8.07. The van der Waals surface area contributed by atoms with Crippen LogP contribution in [0.5, 0.6) is 17.2 Å². The van der Waals surface area contributed by atoms with Crippen molar-refractivity contribution in [2.45, 2.75) is 39.2 Å². The van der Waals surface area contributed by atoms with Gasteiger partial charge >= 0.3 is 0 Å². The van der Waals surface area contributed by atoms with Gasteiger partial charge in [0.05, 0.1) is 19.9 Å². The van der Waals surface area contributed by atoms with Crippen molar-refractivity contribution < 1.29 is 19.4 Å². The van der Waals surface area contributed by atoms with Crippen molar-refractivity contribution in [3.63, 3.8) is 0 Å². The number of piperidine rings is 1. The Morgan fingerprint density at radius 2 is 2.00 bits per heavy atom. The van der Waals surface area contributed by atoms with Crippen LogP contribution >= 0.6 is 0 Å². The molecule has 1 amide bonds. The van der Waals surface area contributed by atoms with Crippen molar-refractivity contribution in [1.82, 2.24) is 5.01 Å². The molecule has 1 aliphatic rings. The molecule has 166 valence electrons. The molecule has 1 aliphatic heterocycles. The topological polar surface area (TPSA) is 83.4 Å². The summed E-state index contributed by atoms with van der Waals surface area (Å²) >= 11 is 0. The van der Waals surface area contributed by atoms with E-state index in [-0.39, 0.29) is 17.7 Å². The van der Waals surface area contributed by atoms with Crippen molar-refractivity contribution >= 4 is 17.8 Å². The van der Waals surface area contributed by atoms with Gasteiger partial charge in [0.1, 0.15) is 11.8 Å². The van der Waals surface area contributed by atoms with Crippen molar-refractivity contribution in [2.75, 3.05) is 25.6 Å². The highest BCUT2D eigenvalue weighted by atomic mass is 16.5. The minimum atomic E-state index is -0.343. The average molecular weight is 426 g/mol. The van der Waals surface area contributed by atoms with Gasteiger partial charge in [-0.1, -0.05) is 13.8 Å². The van der Waals surface area contributed by atoms with Crippen LogP contribution in [0, 0.1) is 5.92 Å². The van der Waals surface area contributed by atoms with Gasteiger partial charge in [-0.3, -0.25) is 9.80 Å². The van der Waals surface area contributed by atoms with E-state index in [1.807, 2.05) is 11.1 Å². The first kappa shape index (κ1) is 22.5. The first-order chi connectivity index (χ1) is 15.0. The summed E-state index contributed by atoms with van der Waals surface area (Å²) in [6.07, 6.45) is 4.43. The molecule has 2 N–H and O–H groups in total. The summed E-state index contributed by atoms with van der Waals surface area (Å²) in [5.74, 6) is 1.74. The first-order valence-electron chi connectivity index (χ1n) is 10.7. The molecule has 0 aromatic heterocycles. The second-order valence-electron chi connectivity index (χ2n) is 8.07. The summed E-state index contributed by atoms with van der Waals surface area (Å²) in [5.41, 5.74) is 1.53. The molecule has 1 heterocycles. The lowest BCUT2D eigenvalue weighted by molar-refractivity contribution is -0.122. The summed E-state index contributed by atoms with van der Waals surface area (Å²) < 4.78 is 11.2. The fourth-order valence-corrected chi connectivity index (χ4v) is 3.37. The van der Waals surface area contributed by atoms with Crippen LogP contribution in [0.2, 0.25) is 0 Å². The van der Waals surface area contributed by atoms with E-state index in [1.165, 1.54) is 0 Å². The normalized spacial score (nSPS) is 16.5. The van der Waals surface area contributed by atoms with Gasteiger partial charge in [0.2, 0.25) is 5.91 Å². The van der Waals surface area contributed by atoms with Crippen LogP contribution in [0.1, 0.15) is 38.7 Å². The van der Waals surface area contributed by atoms with E-state index in [9.17, 15) is 9.90 Å². The molecule has 3 rings (SSSR count). The number of amides is 1. The molecule has 0 bridgehead atoms. The third-order valence-corrected chi connectivity index (χ3v) is 5.03. The average Bonchev–Trinajstić information content (AvgIpc) is 2.77. The molecule has 1 unspecified atom stereocenters. The lowest BCUT2D eigenvalue weighted by Gasteiger charge is -2.32. The Bertz CT molecular complexity index is 896. The third-order valence-electron chi connectivity index (χ3n) is 5.03. The van der Waals surface area contributed by atoms with Crippen LogP contribution in [-0.4, -0.2) is 48.5 Å². The highest BCUT2D eigenvalue weighted by Crippen LogP contribution is 2.31. The highest BCUT2D eigenvalue weighted by molar-refractivity contribution is 5.95. The largest absolute Gasteiger partial charge is 0.508 e. The van der Waals surface area contributed by atoms with Gasteiger partial charge in [0, 0.05) is 18.3 Å². The quantitative estimate of drug-likeness (QED) is 0.618. The Balaban J connectivity index is 1.70. The zero-order valence-electron chi connectivity index (χ0n) is 18.4. The van der Waals surface area contributed by atoms with Crippen LogP contribution in [-0.2, 0) is 4.79 Å². The van der Waals surface area contributed by atoms with Crippen molar-refractivity contribution in [1.29, 1.82) is 0 Å². The minimum Gasteiger partial charge on any atom is -0.508 e. The van der Waals surface area contributed by atoms with Crippen LogP contribution in [0.15, 0.2) is 47.6 Å². The number of hydrogen-bond donors (Lipinski definition) is 2. The monoisotopic (exact) mass is 425 g/mol. The SMILES string of the molecule is COc1ccc(NC(=O)C2CCCCN2/N=C/c2ccc(O)cc2)cc1OCC(C)C. The molecule has 31 heavy (non-hydrogen) atoms. The molecule has 0 saturated carbocycles. The number of carbonyl (C=O) groups is 1. The van der Waals surface area contributed by atoms with E-state index in [0.29, 0.717) is 29.7 Å². The smallest absolute Gasteiger partial charge is 0.248 e. The summed E-state index contributed by atoms with van der Waals surface area (Å²) in [5, 5.41) is 18.8. The number of hydrazone groups is 1. The van der Waals surface area contributed by atoms with E-state index < -0.39 is 0 Å². The van der Waals surface area contributed by atoms with Gasteiger partial charge in [0.25, 0.3) is 0 Å². The van der Waals surface area contributed by atoms with Crippen LogP contribution in [0.4, 0.5) is 5.69 Å². The maximum atomic E-state index is 13.0. The maximum absolute atomic E-state index is 13.0. The molecule has 2 aromatic carbocycles. The zero-order valence-corrected chi connectivity index (χ0v) is 18.4. The van der Waals surface area contributed by atoms with E-state index in [2.05, 4.69) is 24.3 Å². The number of benzene rings is 2. The molecule has 0 radical (unpaired) electrons. The predicted octanol–water partition coefficient (Wildman–Crippen LogP) is 4.26. The molecule has 1 atom stereocenters. The van der Waals surface area contributed by atoms with Crippen LogP contribution in [0.3, 0.4) is 0 Å². The Hall–Kier alpha value is -3.22. The number of methoxy groups -OCH3 is 1. The summed E-state index contributed by atoms with van der Waals surface area (Å²) in [4.78, 5) is 13.0. The first-order valence-corrected chi connectivity index (χ1v) is 10.7. The summed E-state index contributed by atoms with van der Waals surface area (Å²) in [7, 11) is 1.60. The fraction of sp³-hybridized carbons (Fsp3) is 0.417. The molecule has 2 aromatic rings. The Morgan fingerprint density at radius 3 is 2.71 bits per heavy atom. The highest BCUT2D eigenvalue weighted by Gasteiger charge is 2.28. The number of aromatic hydroxyl groups is 1.